The first-order chi connectivity index (χ1) is 13.3. The maximum absolute atomic E-state index is 13.2. The molecule has 0 aliphatic heterocycles. The van der Waals surface area contributed by atoms with Gasteiger partial charge in [0.05, 0.1) is 13.2 Å². The van der Waals surface area contributed by atoms with E-state index in [1.807, 2.05) is 6.92 Å². The van der Waals surface area contributed by atoms with Gasteiger partial charge in [0.1, 0.15) is 11.6 Å². The lowest BCUT2D eigenvalue weighted by Crippen LogP contribution is -2.46. The highest BCUT2D eigenvalue weighted by atomic mass is 19.1. The predicted octanol–water partition coefficient (Wildman–Crippen LogP) is 1.19. The summed E-state index contributed by atoms with van der Waals surface area (Å²) in [6, 6.07) is 5.50. The van der Waals surface area contributed by atoms with Crippen LogP contribution in [0.1, 0.15) is 25.8 Å². The van der Waals surface area contributed by atoms with Gasteiger partial charge in [0, 0.05) is 27.1 Å². The molecule has 2 aromatic rings. The molecule has 0 aliphatic rings. The summed E-state index contributed by atoms with van der Waals surface area (Å²) in [4.78, 5) is 39.4. The topological polar surface area (TPSA) is 99.6 Å². The van der Waals surface area contributed by atoms with E-state index in [0.717, 1.165) is 4.57 Å². The average molecular weight is 392 g/mol. The molecule has 0 saturated carbocycles. The second-order valence-electron chi connectivity index (χ2n) is 6.35. The van der Waals surface area contributed by atoms with Gasteiger partial charge >= 0.3 is 5.69 Å². The second kappa shape index (κ2) is 9.32. The van der Waals surface area contributed by atoms with Crippen LogP contribution in [0.3, 0.4) is 0 Å². The number of aromatic nitrogens is 2. The number of nitrogen functional groups attached to an aromatic ring is 1. The Morgan fingerprint density at radius 1 is 1.21 bits per heavy atom. The molecule has 1 aromatic carbocycles. The quantitative estimate of drug-likeness (QED) is 0.727. The third-order valence-corrected chi connectivity index (χ3v) is 4.31. The number of carbonyl (C=O) groups excluding carboxylic acids is 1. The average Bonchev–Trinajstić information content (AvgIpc) is 2.66. The zero-order valence-corrected chi connectivity index (χ0v) is 16.3. The fourth-order valence-corrected chi connectivity index (χ4v) is 2.92. The van der Waals surface area contributed by atoms with E-state index in [2.05, 4.69) is 0 Å². The summed E-state index contributed by atoms with van der Waals surface area (Å²) in [5.41, 5.74) is 5.40. The lowest BCUT2D eigenvalue weighted by molar-refractivity contribution is -0.116. The zero-order valence-electron chi connectivity index (χ0n) is 16.3. The molecule has 0 atom stereocenters. The van der Waals surface area contributed by atoms with Crippen LogP contribution in [0.15, 0.2) is 33.9 Å². The zero-order chi connectivity index (χ0) is 20.8. The van der Waals surface area contributed by atoms with Crippen LogP contribution in [0.2, 0.25) is 0 Å². The van der Waals surface area contributed by atoms with Gasteiger partial charge in [-0.3, -0.25) is 18.7 Å². The Bertz CT molecular complexity index is 950. The number of hydrogen-bond acceptors (Lipinski definition) is 5. The SMILES string of the molecule is CCCn1c(N)c(N(CCOC)C(C)=O)c(=O)n(Cc2ccc(F)cc2)c1=O. The lowest BCUT2D eigenvalue weighted by atomic mass is 10.2. The fraction of sp³-hybridized carbons (Fsp3) is 0.421. The summed E-state index contributed by atoms with van der Waals surface area (Å²) >= 11 is 0. The summed E-state index contributed by atoms with van der Waals surface area (Å²) < 4.78 is 20.5. The van der Waals surface area contributed by atoms with Gasteiger partial charge < -0.3 is 15.4 Å². The van der Waals surface area contributed by atoms with Gasteiger partial charge in [-0.1, -0.05) is 19.1 Å². The van der Waals surface area contributed by atoms with Crippen molar-refractivity contribution in [2.75, 3.05) is 30.9 Å². The van der Waals surface area contributed by atoms with E-state index in [9.17, 15) is 18.8 Å². The van der Waals surface area contributed by atoms with Crippen LogP contribution >= 0.6 is 0 Å². The summed E-state index contributed by atoms with van der Waals surface area (Å²) in [5, 5.41) is 0. The first kappa shape index (κ1) is 21.4. The predicted molar refractivity (Wildman–Crippen MR) is 105 cm³/mol. The molecule has 0 fully saturated rings. The van der Waals surface area contributed by atoms with E-state index in [1.165, 1.54) is 47.8 Å². The maximum atomic E-state index is 13.2. The van der Waals surface area contributed by atoms with Gasteiger partial charge in [0.2, 0.25) is 5.91 Å². The number of anilines is 2. The third-order valence-electron chi connectivity index (χ3n) is 4.31. The number of halogens is 1. The van der Waals surface area contributed by atoms with Crippen molar-refractivity contribution in [3.8, 4) is 0 Å². The van der Waals surface area contributed by atoms with E-state index in [0.29, 0.717) is 12.0 Å². The van der Waals surface area contributed by atoms with E-state index in [4.69, 9.17) is 10.5 Å². The van der Waals surface area contributed by atoms with Crippen molar-refractivity contribution in [2.45, 2.75) is 33.4 Å². The largest absolute Gasteiger partial charge is 0.383 e. The molecule has 2 rings (SSSR count). The third kappa shape index (κ3) is 4.48. The molecule has 9 heteroatoms. The number of ether oxygens (including phenoxy) is 1. The summed E-state index contributed by atoms with van der Waals surface area (Å²) in [6.45, 7) is 3.72. The lowest BCUT2D eigenvalue weighted by Gasteiger charge is -2.24. The minimum absolute atomic E-state index is 0.0558. The molecule has 0 bridgehead atoms. The monoisotopic (exact) mass is 392 g/mol. The Morgan fingerprint density at radius 3 is 2.39 bits per heavy atom. The Kier molecular flexibility index (Phi) is 7.11. The molecule has 0 unspecified atom stereocenters. The summed E-state index contributed by atoms with van der Waals surface area (Å²) in [7, 11) is 1.48. The van der Waals surface area contributed by atoms with Crippen molar-refractivity contribution >= 4 is 17.4 Å². The normalized spacial score (nSPS) is 10.9. The Hall–Kier alpha value is -2.94. The number of carbonyl (C=O) groups is 1. The molecule has 0 spiro atoms. The molecule has 2 N–H and O–H groups in total. The molecular weight excluding hydrogens is 367 g/mol. The van der Waals surface area contributed by atoms with Crippen molar-refractivity contribution in [2.24, 2.45) is 0 Å². The van der Waals surface area contributed by atoms with Gasteiger partial charge in [-0.15, -0.1) is 0 Å². The fourth-order valence-electron chi connectivity index (χ4n) is 2.92. The van der Waals surface area contributed by atoms with Crippen molar-refractivity contribution in [3.05, 3.63) is 56.5 Å². The highest BCUT2D eigenvalue weighted by Gasteiger charge is 2.24. The van der Waals surface area contributed by atoms with Crippen LogP contribution in [0.25, 0.3) is 0 Å². The van der Waals surface area contributed by atoms with Crippen LogP contribution in [0.4, 0.5) is 15.9 Å². The smallest absolute Gasteiger partial charge is 0.332 e. The Morgan fingerprint density at radius 2 is 1.86 bits per heavy atom. The van der Waals surface area contributed by atoms with Crippen molar-refractivity contribution in [1.82, 2.24) is 9.13 Å². The van der Waals surface area contributed by atoms with E-state index in [1.54, 1.807) is 0 Å². The first-order valence-electron chi connectivity index (χ1n) is 8.96. The van der Waals surface area contributed by atoms with Gasteiger partial charge in [0.25, 0.3) is 5.56 Å². The second-order valence-corrected chi connectivity index (χ2v) is 6.35. The summed E-state index contributed by atoms with van der Waals surface area (Å²) in [6.07, 6.45) is 0.608. The molecule has 1 aromatic heterocycles. The molecule has 1 amide bonds. The number of rotatable bonds is 8. The number of amides is 1. The van der Waals surface area contributed by atoms with E-state index in [-0.39, 0.29) is 37.7 Å². The van der Waals surface area contributed by atoms with Crippen LogP contribution < -0.4 is 21.9 Å². The minimum Gasteiger partial charge on any atom is -0.383 e. The standard InChI is InChI=1S/C19H25FN4O4/c1-4-9-23-17(21)16(22(13(2)25)10-11-28-3)18(26)24(19(23)27)12-14-5-7-15(20)8-6-14/h5-8H,4,9-12,21H2,1-3H3. The van der Waals surface area contributed by atoms with Gasteiger partial charge in [-0.25, -0.2) is 9.18 Å². The van der Waals surface area contributed by atoms with Crippen molar-refractivity contribution in [3.63, 3.8) is 0 Å². The highest BCUT2D eigenvalue weighted by Crippen LogP contribution is 2.18. The van der Waals surface area contributed by atoms with Crippen LogP contribution in [0, 0.1) is 5.82 Å². The van der Waals surface area contributed by atoms with Gasteiger partial charge in [0.15, 0.2) is 5.69 Å². The number of methoxy groups -OCH3 is 1. The van der Waals surface area contributed by atoms with E-state index >= 15 is 0 Å². The van der Waals surface area contributed by atoms with Crippen molar-refractivity contribution in [1.29, 1.82) is 0 Å². The van der Waals surface area contributed by atoms with Gasteiger partial charge in [-0.05, 0) is 24.1 Å². The van der Waals surface area contributed by atoms with Crippen molar-refractivity contribution < 1.29 is 13.9 Å². The van der Waals surface area contributed by atoms with Crippen LogP contribution in [-0.2, 0) is 22.6 Å². The first-order valence-corrected chi connectivity index (χ1v) is 8.96. The summed E-state index contributed by atoms with van der Waals surface area (Å²) in [5.74, 6) is -0.866. The van der Waals surface area contributed by atoms with Crippen LogP contribution in [-0.4, -0.2) is 35.3 Å². The molecule has 8 nitrogen and oxygen atoms in total. The molecule has 0 aliphatic carbocycles. The minimum atomic E-state index is -0.675. The molecule has 0 radical (unpaired) electrons. The Labute approximate surface area is 161 Å². The van der Waals surface area contributed by atoms with Crippen LogP contribution in [0.5, 0.6) is 0 Å². The molecule has 0 saturated heterocycles. The maximum Gasteiger partial charge on any atom is 0.332 e. The number of hydrogen-bond donors (Lipinski definition) is 1. The Balaban J connectivity index is 2.68. The van der Waals surface area contributed by atoms with E-state index < -0.39 is 23.0 Å². The number of benzene rings is 1. The van der Waals surface area contributed by atoms with Gasteiger partial charge in [-0.2, -0.15) is 0 Å². The molecule has 28 heavy (non-hydrogen) atoms. The molecular formula is C19H25FN4O4. The molecule has 1 heterocycles. The number of nitrogens with two attached hydrogens (primary N) is 1. The molecule has 152 valence electrons. The highest BCUT2D eigenvalue weighted by molar-refractivity contribution is 5.93. The number of nitrogens with zero attached hydrogens (tertiary/aromatic N) is 3.